The molecule has 1 aliphatic carbocycles. The number of hydrogen-bond acceptors (Lipinski definition) is 0. The van der Waals surface area contributed by atoms with Gasteiger partial charge in [-0.25, -0.2) is 0 Å². The molecule has 0 aliphatic heterocycles. The van der Waals surface area contributed by atoms with Crippen LogP contribution in [0.15, 0.2) is 101 Å². The van der Waals surface area contributed by atoms with Crippen molar-refractivity contribution in [1.82, 2.24) is 0 Å². The molecule has 0 nitrogen and oxygen atoms in total. The summed E-state index contributed by atoms with van der Waals surface area (Å²) in [6.45, 7) is 14.0. The van der Waals surface area contributed by atoms with Crippen molar-refractivity contribution < 1.29 is 0 Å². The lowest BCUT2D eigenvalue weighted by atomic mass is 10.1. The van der Waals surface area contributed by atoms with Gasteiger partial charge in [0, 0.05) is 0 Å². The van der Waals surface area contributed by atoms with E-state index < -0.39 is 8.07 Å². The van der Waals surface area contributed by atoms with Crippen molar-refractivity contribution in [3.8, 4) is 0 Å². The normalized spacial score (nSPS) is 17.1. The van der Waals surface area contributed by atoms with Crippen LogP contribution in [0.4, 0.5) is 0 Å². The summed E-state index contributed by atoms with van der Waals surface area (Å²) >= 11 is 0. The van der Waals surface area contributed by atoms with Gasteiger partial charge in [-0.2, -0.15) is 0 Å². The van der Waals surface area contributed by atoms with Gasteiger partial charge in [-0.15, -0.1) is 0 Å². The molecule has 1 aliphatic rings. The van der Waals surface area contributed by atoms with E-state index in [1.165, 1.54) is 38.2 Å². The molecule has 1 heteroatoms. The average molecular weight is 409 g/mol. The lowest BCUT2D eigenvalue weighted by Crippen LogP contribution is -2.70. The standard InChI is InChI=1S/C29H32Si/c1-20-14-13-15-21(2)28(20)30(26-16-9-7-10-17-26,27-18-11-8-12-19-27)29-24(5)22(3)23(4)25(29)6/h7-19,24H,1-6H3. The van der Waals surface area contributed by atoms with Crippen molar-refractivity contribution in [3.05, 3.63) is 112 Å². The van der Waals surface area contributed by atoms with Gasteiger partial charge in [0.25, 0.3) is 0 Å². The maximum atomic E-state index is 2.42. The molecule has 3 aromatic carbocycles. The summed E-state index contributed by atoms with van der Waals surface area (Å²) < 4.78 is 0. The maximum absolute atomic E-state index is 2.45. The molecule has 152 valence electrons. The van der Waals surface area contributed by atoms with Gasteiger partial charge in [0.1, 0.15) is 0 Å². The summed E-state index contributed by atoms with van der Waals surface area (Å²) in [4.78, 5) is 0. The van der Waals surface area contributed by atoms with Gasteiger partial charge in [0.05, 0.1) is 0 Å². The zero-order valence-electron chi connectivity index (χ0n) is 19.1. The van der Waals surface area contributed by atoms with Crippen molar-refractivity contribution >= 4 is 23.6 Å². The Morgan fingerprint density at radius 3 is 1.43 bits per heavy atom. The zero-order valence-corrected chi connectivity index (χ0v) is 20.1. The Kier molecular flexibility index (Phi) is 5.42. The van der Waals surface area contributed by atoms with Gasteiger partial charge in [-0.3, -0.25) is 0 Å². The van der Waals surface area contributed by atoms with E-state index in [-0.39, 0.29) is 0 Å². The van der Waals surface area contributed by atoms with E-state index in [1.54, 1.807) is 10.4 Å². The molecular weight excluding hydrogens is 376 g/mol. The lowest BCUT2D eigenvalue weighted by Gasteiger charge is -2.40. The second kappa shape index (κ2) is 7.89. The highest BCUT2D eigenvalue weighted by Gasteiger charge is 2.49. The van der Waals surface area contributed by atoms with Crippen molar-refractivity contribution in [3.63, 3.8) is 0 Å². The Hall–Kier alpha value is -2.64. The van der Waals surface area contributed by atoms with Gasteiger partial charge in [0.2, 0.25) is 0 Å². The molecule has 4 rings (SSSR count). The van der Waals surface area contributed by atoms with Crippen LogP contribution in [0, 0.1) is 19.8 Å². The smallest absolute Gasteiger partial charge is 0.0636 e. The molecule has 0 saturated carbocycles. The second-order valence-electron chi connectivity index (χ2n) is 8.82. The first kappa shape index (κ1) is 20.6. The first-order valence-electron chi connectivity index (χ1n) is 11.0. The summed E-state index contributed by atoms with van der Waals surface area (Å²) in [5.74, 6) is 0.455. The molecule has 0 radical (unpaired) electrons. The molecular formula is C29H32Si. The Balaban J connectivity index is 2.24. The lowest BCUT2D eigenvalue weighted by molar-refractivity contribution is 0.851. The number of allylic oxidation sites excluding steroid dienone is 4. The number of benzene rings is 3. The minimum Gasteiger partial charge on any atom is -0.0636 e. The highest BCUT2D eigenvalue weighted by Crippen LogP contribution is 2.41. The van der Waals surface area contributed by atoms with E-state index in [1.807, 2.05) is 0 Å². The van der Waals surface area contributed by atoms with Crippen molar-refractivity contribution in [1.29, 1.82) is 0 Å². The van der Waals surface area contributed by atoms with E-state index in [0.29, 0.717) is 5.92 Å². The van der Waals surface area contributed by atoms with Gasteiger partial charge < -0.3 is 0 Å². The first-order chi connectivity index (χ1) is 14.4. The summed E-state index contributed by atoms with van der Waals surface area (Å²) in [6, 6.07) is 29.5. The minimum absolute atomic E-state index is 0.455. The fourth-order valence-corrected chi connectivity index (χ4v) is 11.8. The molecule has 0 heterocycles. The molecule has 0 saturated heterocycles. The fraction of sp³-hybridized carbons (Fsp3) is 0.241. The van der Waals surface area contributed by atoms with E-state index in [2.05, 4.69) is 120 Å². The summed E-state index contributed by atoms with van der Waals surface area (Å²) in [5, 5.41) is 6.19. The molecule has 0 fully saturated rings. The third-order valence-corrected chi connectivity index (χ3v) is 12.9. The Labute approximate surface area is 183 Å². The molecule has 0 bridgehead atoms. The maximum Gasteiger partial charge on any atom is 0.177 e. The Morgan fingerprint density at radius 2 is 1.03 bits per heavy atom. The Bertz CT molecular complexity index is 1070. The second-order valence-corrected chi connectivity index (χ2v) is 12.5. The number of hydrogen-bond donors (Lipinski definition) is 0. The molecule has 30 heavy (non-hydrogen) atoms. The Morgan fingerprint density at radius 1 is 0.567 bits per heavy atom. The molecule has 3 aromatic rings. The van der Waals surface area contributed by atoms with Gasteiger partial charge in [0.15, 0.2) is 8.07 Å². The van der Waals surface area contributed by atoms with Gasteiger partial charge in [-0.1, -0.05) is 113 Å². The van der Waals surface area contributed by atoms with Crippen LogP contribution in [-0.4, -0.2) is 8.07 Å². The molecule has 0 amide bonds. The van der Waals surface area contributed by atoms with Crippen LogP contribution in [0.3, 0.4) is 0 Å². The number of rotatable bonds is 4. The topological polar surface area (TPSA) is 0 Å². The summed E-state index contributed by atoms with van der Waals surface area (Å²) in [7, 11) is -2.45. The monoisotopic (exact) mass is 408 g/mol. The van der Waals surface area contributed by atoms with Crippen molar-refractivity contribution in [2.75, 3.05) is 0 Å². The predicted molar refractivity (Wildman–Crippen MR) is 134 cm³/mol. The third kappa shape index (κ3) is 2.95. The minimum atomic E-state index is -2.45. The van der Waals surface area contributed by atoms with Crippen molar-refractivity contribution in [2.45, 2.75) is 41.5 Å². The molecule has 1 unspecified atom stereocenters. The van der Waals surface area contributed by atoms with Crippen LogP contribution < -0.4 is 15.6 Å². The van der Waals surface area contributed by atoms with Crippen LogP contribution in [0.25, 0.3) is 0 Å². The molecule has 0 spiro atoms. The SMILES string of the molecule is CC1=C(C)C(C)C([Si](c2ccccc2)(c2ccccc2)c2c(C)cccc2C)=C1C. The van der Waals surface area contributed by atoms with Crippen LogP contribution in [0.1, 0.15) is 38.8 Å². The fourth-order valence-electron chi connectivity index (χ4n) is 5.65. The van der Waals surface area contributed by atoms with E-state index in [0.717, 1.165) is 0 Å². The van der Waals surface area contributed by atoms with E-state index in [4.69, 9.17) is 0 Å². The van der Waals surface area contributed by atoms with Gasteiger partial charge >= 0.3 is 0 Å². The average Bonchev–Trinajstić information content (AvgIpc) is 2.95. The third-order valence-electron chi connectivity index (χ3n) is 7.31. The highest BCUT2D eigenvalue weighted by molar-refractivity contribution is 7.16. The van der Waals surface area contributed by atoms with E-state index >= 15 is 0 Å². The van der Waals surface area contributed by atoms with Crippen LogP contribution in [0.5, 0.6) is 0 Å². The molecule has 0 aromatic heterocycles. The highest BCUT2D eigenvalue weighted by atomic mass is 28.3. The van der Waals surface area contributed by atoms with Crippen molar-refractivity contribution in [2.24, 2.45) is 5.92 Å². The van der Waals surface area contributed by atoms with Gasteiger partial charge in [-0.05, 0) is 61.7 Å². The van der Waals surface area contributed by atoms with E-state index in [9.17, 15) is 0 Å². The predicted octanol–water partition coefficient (Wildman–Crippen LogP) is 5.62. The zero-order chi connectivity index (χ0) is 21.5. The molecule has 0 N–H and O–H groups in total. The first-order valence-corrected chi connectivity index (χ1v) is 13.0. The van der Waals surface area contributed by atoms with Crippen LogP contribution in [-0.2, 0) is 0 Å². The van der Waals surface area contributed by atoms with Crippen LogP contribution in [0.2, 0.25) is 0 Å². The summed E-state index contributed by atoms with van der Waals surface area (Å²) in [6.07, 6.45) is 0. The molecule has 1 atom stereocenters. The number of aryl methyl sites for hydroxylation is 2. The quantitative estimate of drug-likeness (QED) is 0.388. The summed E-state index contributed by atoms with van der Waals surface area (Å²) in [5.41, 5.74) is 7.32. The largest absolute Gasteiger partial charge is 0.177 e. The van der Waals surface area contributed by atoms with Crippen LogP contribution >= 0.6 is 0 Å².